The van der Waals surface area contributed by atoms with Crippen LogP contribution in [0.5, 0.6) is 23.0 Å². The summed E-state index contributed by atoms with van der Waals surface area (Å²) in [7, 11) is 3.12. The van der Waals surface area contributed by atoms with Crippen LogP contribution in [-0.2, 0) is 11.4 Å². The SMILES string of the molecule is CCOc1ccc(COc2c(OC)cc(C=CC=O)cc2OC)cc1. The van der Waals surface area contributed by atoms with Crippen molar-refractivity contribution in [1.29, 1.82) is 0 Å². The van der Waals surface area contributed by atoms with Crippen molar-refractivity contribution in [2.75, 3.05) is 20.8 Å². The Labute approximate surface area is 147 Å². The highest BCUT2D eigenvalue weighted by Crippen LogP contribution is 2.39. The first-order chi connectivity index (χ1) is 12.2. The highest BCUT2D eigenvalue weighted by molar-refractivity contribution is 5.75. The minimum absolute atomic E-state index is 0.364. The highest BCUT2D eigenvalue weighted by atomic mass is 16.5. The standard InChI is InChI=1S/C20H22O5/c1-4-24-17-9-7-15(8-10-17)14-25-20-18(22-2)12-16(6-5-11-21)13-19(20)23-3/h5-13H,4,14H2,1-3H3. The van der Waals surface area contributed by atoms with E-state index in [0.29, 0.717) is 30.5 Å². The largest absolute Gasteiger partial charge is 0.494 e. The molecule has 5 nitrogen and oxygen atoms in total. The van der Waals surface area contributed by atoms with Gasteiger partial charge in [-0.1, -0.05) is 18.2 Å². The van der Waals surface area contributed by atoms with Gasteiger partial charge in [-0.3, -0.25) is 4.79 Å². The first-order valence-electron chi connectivity index (χ1n) is 7.94. The molecule has 0 radical (unpaired) electrons. The van der Waals surface area contributed by atoms with Gasteiger partial charge in [-0.25, -0.2) is 0 Å². The van der Waals surface area contributed by atoms with Crippen LogP contribution in [0.4, 0.5) is 0 Å². The fourth-order valence-electron chi connectivity index (χ4n) is 2.29. The molecule has 0 atom stereocenters. The molecule has 132 valence electrons. The van der Waals surface area contributed by atoms with E-state index in [2.05, 4.69) is 0 Å². The molecule has 0 heterocycles. The molecule has 0 spiro atoms. The average Bonchev–Trinajstić information content (AvgIpc) is 2.65. The number of hydrogen-bond donors (Lipinski definition) is 0. The molecule has 0 bridgehead atoms. The molecule has 0 N–H and O–H groups in total. The molecule has 0 fully saturated rings. The zero-order valence-corrected chi connectivity index (χ0v) is 14.7. The van der Waals surface area contributed by atoms with Gasteiger partial charge < -0.3 is 18.9 Å². The summed E-state index contributed by atoms with van der Waals surface area (Å²) in [4.78, 5) is 10.5. The highest BCUT2D eigenvalue weighted by Gasteiger charge is 2.13. The minimum Gasteiger partial charge on any atom is -0.494 e. The molecule has 0 aliphatic heterocycles. The van der Waals surface area contributed by atoms with E-state index in [0.717, 1.165) is 23.2 Å². The van der Waals surface area contributed by atoms with Crippen LogP contribution in [0.15, 0.2) is 42.5 Å². The summed E-state index contributed by atoms with van der Waals surface area (Å²) in [5, 5.41) is 0. The first kappa shape index (κ1) is 18.4. The molecule has 0 aliphatic carbocycles. The van der Waals surface area contributed by atoms with E-state index in [4.69, 9.17) is 18.9 Å². The Bertz CT molecular complexity index is 694. The van der Waals surface area contributed by atoms with Gasteiger partial charge in [0.1, 0.15) is 18.6 Å². The third-order valence-electron chi connectivity index (χ3n) is 3.47. The van der Waals surface area contributed by atoms with Gasteiger partial charge in [0, 0.05) is 0 Å². The lowest BCUT2D eigenvalue weighted by atomic mass is 10.1. The summed E-state index contributed by atoms with van der Waals surface area (Å²) in [5.74, 6) is 2.42. The number of ether oxygens (including phenoxy) is 4. The van der Waals surface area contributed by atoms with Crippen LogP contribution in [0.3, 0.4) is 0 Å². The van der Waals surface area contributed by atoms with Crippen LogP contribution >= 0.6 is 0 Å². The number of carbonyl (C=O) groups is 1. The smallest absolute Gasteiger partial charge is 0.203 e. The van der Waals surface area contributed by atoms with Crippen LogP contribution in [0.1, 0.15) is 18.1 Å². The lowest BCUT2D eigenvalue weighted by Gasteiger charge is -2.15. The Morgan fingerprint density at radius 1 is 0.960 bits per heavy atom. The molecule has 0 amide bonds. The number of hydrogen-bond acceptors (Lipinski definition) is 5. The molecule has 2 aromatic carbocycles. The van der Waals surface area contributed by atoms with Crippen molar-refractivity contribution in [2.45, 2.75) is 13.5 Å². The lowest BCUT2D eigenvalue weighted by Crippen LogP contribution is -2.01. The molecular formula is C20H22O5. The Morgan fingerprint density at radius 2 is 1.60 bits per heavy atom. The average molecular weight is 342 g/mol. The lowest BCUT2D eigenvalue weighted by molar-refractivity contribution is -0.104. The molecule has 0 saturated heterocycles. The number of aldehydes is 1. The second kappa shape index (κ2) is 9.37. The molecule has 2 aromatic rings. The van der Waals surface area contributed by atoms with E-state index in [1.54, 1.807) is 32.4 Å². The summed E-state index contributed by atoms with van der Waals surface area (Å²) in [6, 6.07) is 11.3. The summed E-state index contributed by atoms with van der Waals surface area (Å²) in [6.45, 7) is 2.95. The third kappa shape index (κ3) is 5.01. The number of carbonyl (C=O) groups excluding carboxylic acids is 1. The van der Waals surface area contributed by atoms with Gasteiger partial charge in [0.15, 0.2) is 11.5 Å². The van der Waals surface area contributed by atoms with E-state index in [9.17, 15) is 4.79 Å². The number of benzene rings is 2. The second-order valence-electron chi connectivity index (χ2n) is 5.12. The van der Waals surface area contributed by atoms with Crippen LogP contribution in [0.2, 0.25) is 0 Å². The fourth-order valence-corrected chi connectivity index (χ4v) is 2.29. The van der Waals surface area contributed by atoms with Crippen LogP contribution < -0.4 is 18.9 Å². The summed E-state index contributed by atoms with van der Waals surface area (Å²) in [6.07, 6.45) is 3.80. The Kier molecular flexibility index (Phi) is 6.89. The van der Waals surface area contributed by atoms with Gasteiger partial charge in [0.05, 0.1) is 20.8 Å². The quantitative estimate of drug-likeness (QED) is 0.511. The third-order valence-corrected chi connectivity index (χ3v) is 3.47. The van der Waals surface area contributed by atoms with Crippen LogP contribution in [-0.4, -0.2) is 27.1 Å². The van der Waals surface area contributed by atoms with Crippen molar-refractivity contribution in [3.8, 4) is 23.0 Å². The monoisotopic (exact) mass is 342 g/mol. The van der Waals surface area contributed by atoms with Gasteiger partial charge >= 0.3 is 0 Å². The molecule has 0 unspecified atom stereocenters. The summed E-state index contributed by atoms with van der Waals surface area (Å²) >= 11 is 0. The topological polar surface area (TPSA) is 54.0 Å². The van der Waals surface area contributed by atoms with E-state index in [-0.39, 0.29) is 0 Å². The van der Waals surface area contributed by atoms with Gasteiger partial charge in [-0.2, -0.15) is 0 Å². The van der Waals surface area contributed by atoms with Crippen molar-refractivity contribution in [1.82, 2.24) is 0 Å². The normalized spacial score (nSPS) is 10.5. The molecule has 0 saturated carbocycles. The Hall–Kier alpha value is -2.95. The molecule has 25 heavy (non-hydrogen) atoms. The van der Waals surface area contributed by atoms with Crippen LogP contribution in [0.25, 0.3) is 6.08 Å². The van der Waals surface area contributed by atoms with Crippen molar-refractivity contribution in [3.05, 3.63) is 53.6 Å². The maximum Gasteiger partial charge on any atom is 0.203 e. The van der Waals surface area contributed by atoms with E-state index >= 15 is 0 Å². The van der Waals surface area contributed by atoms with Crippen molar-refractivity contribution in [3.63, 3.8) is 0 Å². The second-order valence-corrected chi connectivity index (χ2v) is 5.12. The predicted molar refractivity (Wildman–Crippen MR) is 96.6 cm³/mol. The predicted octanol–water partition coefficient (Wildman–Crippen LogP) is 3.89. The van der Waals surface area contributed by atoms with Gasteiger partial charge in [-0.05, 0) is 48.4 Å². The molecule has 5 heteroatoms. The Morgan fingerprint density at radius 3 is 2.12 bits per heavy atom. The van der Waals surface area contributed by atoms with Crippen LogP contribution in [0, 0.1) is 0 Å². The minimum atomic E-state index is 0.364. The van der Waals surface area contributed by atoms with Gasteiger partial charge in [-0.15, -0.1) is 0 Å². The Balaban J connectivity index is 2.19. The maximum atomic E-state index is 10.5. The number of rotatable bonds is 9. The summed E-state index contributed by atoms with van der Waals surface area (Å²) < 4.78 is 22.1. The van der Waals surface area contributed by atoms with Gasteiger partial charge in [0.25, 0.3) is 0 Å². The zero-order valence-electron chi connectivity index (χ0n) is 14.7. The van der Waals surface area contributed by atoms with Crippen molar-refractivity contribution >= 4 is 12.4 Å². The number of methoxy groups -OCH3 is 2. The summed E-state index contributed by atoms with van der Waals surface area (Å²) in [5.41, 5.74) is 1.78. The van der Waals surface area contributed by atoms with Gasteiger partial charge in [0.2, 0.25) is 5.75 Å². The van der Waals surface area contributed by atoms with E-state index in [1.165, 1.54) is 6.08 Å². The fraction of sp³-hybridized carbons (Fsp3) is 0.250. The molecule has 0 aromatic heterocycles. The first-order valence-corrected chi connectivity index (χ1v) is 7.94. The van der Waals surface area contributed by atoms with E-state index in [1.807, 2.05) is 31.2 Å². The maximum absolute atomic E-state index is 10.5. The van der Waals surface area contributed by atoms with E-state index < -0.39 is 0 Å². The van der Waals surface area contributed by atoms with Crippen molar-refractivity contribution < 1.29 is 23.7 Å². The molecular weight excluding hydrogens is 320 g/mol. The molecule has 0 aliphatic rings. The van der Waals surface area contributed by atoms with Crippen molar-refractivity contribution in [2.24, 2.45) is 0 Å². The molecule has 2 rings (SSSR count). The number of allylic oxidation sites excluding steroid dienone is 1. The zero-order chi connectivity index (χ0) is 18.1.